The number of hydrogen-bond acceptors (Lipinski definition) is 5. The molecule has 5 heteroatoms. The second-order valence-electron chi connectivity index (χ2n) is 5.29. The van der Waals surface area contributed by atoms with Gasteiger partial charge in [0.05, 0.1) is 0 Å². The highest BCUT2D eigenvalue weighted by molar-refractivity contribution is 5.96. The van der Waals surface area contributed by atoms with Gasteiger partial charge in [-0.05, 0) is 20.9 Å². The molecule has 21 heavy (non-hydrogen) atoms. The lowest BCUT2D eigenvalue weighted by atomic mass is 10.1. The summed E-state index contributed by atoms with van der Waals surface area (Å²) < 4.78 is 5.17. The third-order valence-corrected chi connectivity index (χ3v) is 3.43. The van der Waals surface area contributed by atoms with Crippen molar-refractivity contribution in [3.8, 4) is 0 Å². The fourth-order valence-electron chi connectivity index (χ4n) is 1.95. The van der Waals surface area contributed by atoms with Gasteiger partial charge in [0.2, 0.25) is 5.89 Å². The van der Waals surface area contributed by atoms with Gasteiger partial charge in [0.1, 0.15) is 0 Å². The highest BCUT2D eigenvalue weighted by Crippen LogP contribution is 2.09. The Kier molecular flexibility index (Phi) is 5.22. The van der Waals surface area contributed by atoms with Crippen LogP contribution in [0.2, 0.25) is 0 Å². The molecular formula is C16H21N3O2. The zero-order valence-electron chi connectivity index (χ0n) is 12.7. The van der Waals surface area contributed by atoms with Crippen LogP contribution in [0.1, 0.15) is 41.0 Å². The summed E-state index contributed by atoms with van der Waals surface area (Å²) in [6, 6.07) is 7.88. The molecule has 1 aromatic heterocycles. The van der Waals surface area contributed by atoms with Crippen LogP contribution in [0.3, 0.4) is 0 Å². The fourth-order valence-corrected chi connectivity index (χ4v) is 1.95. The molecule has 1 aromatic carbocycles. The number of Topliss-reactive ketones (excluding diaryl/α,β-unsaturated/α-hetero) is 1. The molecule has 0 aliphatic carbocycles. The van der Waals surface area contributed by atoms with E-state index in [0.29, 0.717) is 37.0 Å². The summed E-state index contributed by atoms with van der Waals surface area (Å²) in [5.41, 5.74) is 1.87. The first-order valence-electron chi connectivity index (χ1n) is 7.17. The summed E-state index contributed by atoms with van der Waals surface area (Å²) in [6.07, 6.45) is 1.58. The molecule has 0 aliphatic rings. The van der Waals surface area contributed by atoms with Gasteiger partial charge >= 0.3 is 0 Å². The molecule has 1 atom stereocenters. The molecule has 1 N–H and O–H groups in total. The minimum atomic E-state index is 0.0957. The number of carbonyl (C=O) groups is 1. The van der Waals surface area contributed by atoms with Crippen LogP contribution in [-0.4, -0.2) is 29.0 Å². The zero-order chi connectivity index (χ0) is 15.2. The Morgan fingerprint density at radius 2 is 2.05 bits per heavy atom. The van der Waals surface area contributed by atoms with Gasteiger partial charge in [-0.1, -0.05) is 35.0 Å². The molecule has 0 spiro atoms. The first-order chi connectivity index (χ1) is 10.1. The summed E-state index contributed by atoms with van der Waals surface area (Å²) in [6.45, 7) is 4.05. The van der Waals surface area contributed by atoms with Crippen molar-refractivity contribution < 1.29 is 9.32 Å². The van der Waals surface area contributed by atoms with Crippen LogP contribution >= 0.6 is 0 Å². The molecule has 2 rings (SSSR count). The first-order valence-corrected chi connectivity index (χ1v) is 7.17. The number of hydrogen-bond donors (Lipinski definition) is 1. The van der Waals surface area contributed by atoms with Crippen molar-refractivity contribution in [3.05, 3.63) is 47.1 Å². The maximum absolute atomic E-state index is 12.1. The molecule has 5 nitrogen and oxygen atoms in total. The molecule has 0 fully saturated rings. The molecule has 1 unspecified atom stereocenters. The van der Waals surface area contributed by atoms with E-state index in [1.54, 1.807) is 0 Å². The van der Waals surface area contributed by atoms with Crippen molar-refractivity contribution >= 4 is 5.78 Å². The number of aryl methyl sites for hydroxylation is 2. The summed E-state index contributed by atoms with van der Waals surface area (Å²) in [7, 11) is 1.89. The van der Waals surface area contributed by atoms with Crippen LogP contribution < -0.4 is 5.32 Å². The second kappa shape index (κ2) is 7.13. The Bertz CT molecular complexity index is 590. The van der Waals surface area contributed by atoms with Crippen molar-refractivity contribution in [2.24, 2.45) is 0 Å². The van der Waals surface area contributed by atoms with Gasteiger partial charge < -0.3 is 9.84 Å². The molecule has 1 heterocycles. The number of rotatable bonds is 7. The average Bonchev–Trinajstić information content (AvgIpc) is 2.93. The largest absolute Gasteiger partial charge is 0.339 e. The van der Waals surface area contributed by atoms with Crippen LogP contribution in [0, 0.1) is 6.92 Å². The molecule has 2 aromatic rings. The molecular weight excluding hydrogens is 266 g/mol. The number of carbonyl (C=O) groups excluding carboxylic acids is 1. The van der Waals surface area contributed by atoms with Gasteiger partial charge in [-0.2, -0.15) is 4.98 Å². The Morgan fingerprint density at radius 1 is 1.33 bits per heavy atom. The van der Waals surface area contributed by atoms with E-state index in [2.05, 4.69) is 22.4 Å². The van der Waals surface area contributed by atoms with Crippen LogP contribution in [0.5, 0.6) is 0 Å². The summed E-state index contributed by atoms with van der Waals surface area (Å²) in [5, 5.41) is 7.05. The third-order valence-electron chi connectivity index (χ3n) is 3.43. The smallest absolute Gasteiger partial charge is 0.227 e. The Balaban J connectivity index is 1.88. The number of ketones is 1. The van der Waals surface area contributed by atoms with E-state index in [4.69, 9.17) is 4.52 Å². The van der Waals surface area contributed by atoms with Gasteiger partial charge in [0.15, 0.2) is 11.6 Å². The topological polar surface area (TPSA) is 68.0 Å². The van der Waals surface area contributed by atoms with E-state index < -0.39 is 0 Å². The number of nitrogens with zero attached hydrogens (tertiary/aromatic N) is 2. The number of aromatic nitrogens is 2. The standard InChI is InChI=1S/C16H21N3O2/c1-11-4-6-13(7-5-11)14(20)8-9-16-18-15(19-21-16)10-12(2)17-3/h4-7,12,17H,8-10H2,1-3H3. The van der Waals surface area contributed by atoms with Crippen molar-refractivity contribution in [2.75, 3.05) is 7.05 Å². The van der Waals surface area contributed by atoms with Crippen LogP contribution in [-0.2, 0) is 12.8 Å². The quantitative estimate of drug-likeness (QED) is 0.792. The van der Waals surface area contributed by atoms with Gasteiger partial charge in [-0.15, -0.1) is 0 Å². The van der Waals surface area contributed by atoms with E-state index >= 15 is 0 Å². The number of benzene rings is 1. The van der Waals surface area contributed by atoms with E-state index in [-0.39, 0.29) is 5.78 Å². The molecule has 0 saturated carbocycles. The molecule has 0 bridgehead atoms. The zero-order valence-corrected chi connectivity index (χ0v) is 12.7. The van der Waals surface area contributed by atoms with Crippen LogP contribution in [0.15, 0.2) is 28.8 Å². The second-order valence-corrected chi connectivity index (χ2v) is 5.29. The maximum Gasteiger partial charge on any atom is 0.227 e. The minimum absolute atomic E-state index is 0.0957. The van der Waals surface area contributed by atoms with Gasteiger partial charge in [-0.3, -0.25) is 4.79 Å². The van der Waals surface area contributed by atoms with E-state index in [0.717, 1.165) is 11.1 Å². The molecule has 0 saturated heterocycles. The lowest BCUT2D eigenvalue weighted by Gasteiger charge is -2.04. The normalized spacial score (nSPS) is 12.3. The average molecular weight is 287 g/mol. The predicted octanol–water partition coefficient (Wildman–Crippen LogP) is 2.34. The third kappa shape index (κ3) is 4.49. The van der Waals surface area contributed by atoms with Crippen molar-refractivity contribution in [1.82, 2.24) is 15.5 Å². The Morgan fingerprint density at radius 3 is 2.71 bits per heavy atom. The van der Waals surface area contributed by atoms with E-state index in [1.807, 2.05) is 38.2 Å². The van der Waals surface area contributed by atoms with Crippen LogP contribution in [0.4, 0.5) is 0 Å². The van der Waals surface area contributed by atoms with Crippen molar-refractivity contribution in [2.45, 2.75) is 39.2 Å². The molecule has 112 valence electrons. The number of likely N-dealkylation sites (N-methyl/N-ethyl adjacent to an activating group) is 1. The van der Waals surface area contributed by atoms with Gasteiger partial charge in [0, 0.05) is 30.9 Å². The molecule has 0 radical (unpaired) electrons. The summed E-state index contributed by atoms with van der Waals surface area (Å²) in [5.74, 6) is 1.29. The lowest BCUT2D eigenvalue weighted by Crippen LogP contribution is -2.24. The van der Waals surface area contributed by atoms with Gasteiger partial charge in [-0.25, -0.2) is 0 Å². The SMILES string of the molecule is CNC(C)Cc1noc(CCC(=O)c2ccc(C)cc2)n1. The number of nitrogens with one attached hydrogen (secondary N) is 1. The van der Waals surface area contributed by atoms with E-state index in [9.17, 15) is 4.79 Å². The van der Waals surface area contributed by atoms with Gasteiger partial charge in [0.25, 0.3) is 0 Å². The highest BCUT2D eigenvalue weighted by atomic mass is 16.5. The minimum Gasteiger partial charge on any atom is -0.339 e. The Labute approximate surface area is 124 Å². The summed E-state index contributed by atoms with van der Waals surface area (Å²) in [4.78, 5) is 16.4. The maximum atomic E-state index is 12.1. The van der Waals surface area contributed by atoms with Crippen molar-refractivity contribution in [1.29, 1.82) is 0 Å². The summed E-state index contributed by atoms with van der Waals surface area (Å²) >= 11 is 0. The lowest BCUT2D eigenvalue weighted by molar-refractivity contribution is 0.0979. The Hall–Kier alpha value is -2.01. The predicted molar refractivity (Wildman–Crippen MR) is 80.4 cm³/mol. The van der Waals surface area contributed by atoms with E-state index in [1.165, 1.54) is 0 Å². The highest BCUT2D eigenvalue weighted by Gasteiger charge is 2.12. The molecule has 0 amide bonds. The van der Waals surface area contributed by atoms with Crippen molar-refractivity contribution in [3.63, 3.8) is 0 Å². The monoisotopic (exact) mass is 287 g/mol. The van der Waals surface area contributed by atoms with Crippen LogP contribution in [0.25, 0.3) is 0 Å². The fraction of sp³-hybridized carbons (Fsp3) is 0.438. The first kappa shape index (κ1) is 15.4. The molecule has 0 aliphatic heterocycles.